The predicted octanol–water partition coefficient (Wildman–Crippen LogP) is 0.0468. The van der Waals surface area contributed by atoms with Crippen LogP contribution in [0.4, 0.5) is 0 Å². The predicted molar refractivity (Wildman–Crippen MR) is 77.3 cm³/mol. The molecule has 0 atom stereocenters. The van der Waals surface area contributed by atoms with Gasteiger partial charge in [-0.25, -0.2) is 14.4 Å². The smallest absolute Gasteiger partial charge is 0.331 e. The summed E-state index contributed by atoms with van der Waals surface area (Å²) in [4.78, 5) is 49.2. The van der Waals surface area contributed by atoms with Gasteiger partial charge in [0, 0.05) is 30.3 Å². The van der Waals surface area contributed by atoms with E-state index in [-0.39, 0.29) is 13.0 Å². The van der Waals surface area contributed by atoms with Crippen molar-refractivity contribution in [2.75, 3.05) is 6.61 Å². The molecule has 0 unspecified atom stereocenters. The van der Waals surface area contributed by atoms with Crippen LogP contribution in [0.1, 0.15) is 26.5 Å². The summed E-state index contributed by atoms with van der Waals surface area (Å²) in [5.74, 6) is -1.37. The number of ether oxygens (including phenoxy) is 2. The first-order valence-corrected chi connectivity index (χ1v) is 6.56. The van der Waals surface area contributed by atoms with Gasteiger partial charge >= 0.3 is 17.6 Å². The van der Waals surface area contributed by atoms with Crippen molar-refractivity contribution < 1.29 is 19.1 Å². The molecule has 0 fully saturated rings. The molecule has 0 aliphatic heterocycles. The van der Waals surface area contributed by atoms with Crippen LogP contribution in [-0.4, -0.2) is 34.1 Å². The van der Waals surface area contributed by atoms with E-state index in [0.29, 0.717) is 5.69 Å². The highest BCUT2D eigenvalue weighted by atomic mass is 16.6. The minimum Gasteiger partial charge on any atom is -0.462 e. The second-order valence-corrected chi connectivity index (χ2v) is 5.40. The van der Waals surface area contributed by atoms with Gasteiger partial charge in [-0.1, -0.05) is 0 Å². The van der Waals surface area contributed by atoms with Gasteiger partial charge in [-0.15, -0.1) is 0 Å². The van der Waals surface area contributed by atoms with Gasteiger partial charge in [0.05, 0.1) is 6.61 Å². The first kappa shape index (κ1) is 17.4. The maximum atomic E-state index is 11.4. The summed E-state index contributed by atoms with van der Waals surface area (Å²) in [6.45, 7) is 5.08. The number of nitrogens with one attached hydrogen (secondary N) is 2. The van der Waals surface area contributed by atoms with Gasteiger partial charge in [0.25, 0.3) is 5.56 Å². The van der Waals surface area contributed by atoms with Gasteiger partial charge in [0.2, 0.25) is 0 Å². The standard InChI is InChI=1S/C14H18N2O6/c1-14(2,3)22-12(19)5-4-11(18)21-7-6-9-8-10(17)16-13(20)15-9/h4-5,8H,6-7H2,1-3H3,(H2,15,16,17,20)/b5-4+. The molecule has 2 N–H and O–H groups in total. The molecule has 0 aromatic carbocycles. The van der Waals surface area contributed by atoms with E-state index in [2.05, 4.69) is 4.98 Å². The molecule has 22 heavy (non-hydrogen) atoms. The van der Waals surface area contributed by atoms with Gasteiger partial charge < -0.3 is 14.5 Å². The molecule has 0 saturated carbocycles. The molecular formula is C14H18N2O6. The Morgan fingerprint density at radius 1 is 1.14 bits per heavy atom. The van der Waals surface area contributed by atoms with Gasteiger partial charge in [-0.05, 0) is 20.8 Å². The van der Waals surface area contributed by atoms with Crippen LogP contribution in [0.25, 0.3) is 0 Å². The van der Waals surface area contributed by atoms with E-state index in [0.717, 1.165) is 12.2 Å². The lowest BCUT2D eigenvalue weighted by Gasteiger charge is -2.17. The van der Waals surface area contributed by atoms with Gasteiger partial charge in [0.15, 0.2) is 0 Å². The van der Waals surface area contributed by atoms with Crippen LogP contribution in [-0.2, 0) is 25.5 Å². The summed E-state index contributed by atoms with van der Waals surface area (Å²) in [5.41, 5.74) is -1.45. The molecule has 0 amide bonds. The molecule has 0 bridgehead atoms. The van der Waals surface area contributed by atoms with Crippen LogP contribution in [0.5, 0.6) is 0 Å². The number of carbonyl (C=O) groups is 2. The first-order chi connectivity index (χ1) is 10.2. The maximum Gasteiger partial charge on any atom is 0.331 e. The van der Waals surface area contributed by atoms with Crippen LogP contribution < -0.4 is 11.2 Å². The van der Waals surface area contributed by atoms with Crippen LogP contribution >= 0.6 is 0 Å². The summed E-state index contributed by atoms with van der Waals surface area (Å²) < 4.78 is 9.82. The van der Waals surface area contributed by atoms with E-state index in [1.54, 1.807) is 20.8 Å². The second-order valence-electron chi connectivity index (χ2n) is 5.40. The summed E-state index contributed by atoms with van der Waals surface area (Å²) in [7, 11) is 0. The van der Waals surface area contributed by atoms with Gasteiger partial charge in [-0.3, -0.25) is 9.78 Å². The maximum absolute atomic E-state index is 11.4. The van der Waals surface area contributed by atoms with E-state index in [4.69, 9.17) is 9.47 Å². The fourth-order valence-electron chi connectivity index (χ4n) is 1.44. The Morgan fingerprint density at radius 3 is 2.36 bits per heavy atom. The van der Waals surface area contributed by atoms with Crippen molar-refractivity contribution in [3.05, 3.63) is 44.8 Å². The lowest BCUT2D eigenvalue weighted by atomic mass is 10.2. The van der Waals surface area contributed by atoms with Crippen molar-refractivity contribution >= 4 is 11.9 Å². The number of esters is 2. The number of hydrogen-bond acceptors (Lipinski definition) is 6. The molecule has 0 radical (unpaired) electrons. The van der Waals surface area contributed by atoms with E-state index in [1.807, 2.05) is 4.98 Å². The Labute approximate surface area is 126 Å². The zero-order chi connectivity index (χ0) is 16.8. The summed E-state index contributed by atoms with van der Waals surface area (Å²) in [6, 6.07) is 1.20. The number of H-pyrrole nitrogens is 2. The van der Waals surface area contributed by atoms with Gasteiger partial charge in [0.1, 0.15) is 5.60 Å². The fourth-order valence-corrected chi connectivity index (χ4v) is 1.44. The quantitative estimate of drug-likeness (QED) is 0.586. The molecule has 0 aliphatic rings. The molecule has 1 heterocycles. The third-order valence-corrected chi connectivity index (χ3v) is 2.19. The highest BCUT2D eigenvalue weighted by Gasteiger charge is 2.14. The fraction of sp³-hybridized carbons (Fsp3) is 0.429. The lowest BCUT2D eigenvalue weighted by Crippen LogP contribution is -2.23. The highest BCUT2D eigenvalue weighted by Crippen LogP contribution is 2.07. The van der Waals surface area contributed by atoms with Crippen molar-refractivity contribution in [3.63, 3.8) is 0 Å². The highest BCUT2D eigenvalue weighted by molar-refractivity contribution is 5.91. The Hall–Kier alpha value is -2.64. The number of hydrogen-bond donors (Lipinski definition) is 2. The van der Waals surface area contributed by atoms with E-state index >= 15 is 0 Å². The van der Waals surface area contributed by atoms with Crippen LogP contribution in [0, 0.1) is 0 Å². The van der Waals surface area contributed by atoms with Crippen molar-refractivity contribution in [1.29, 1.82) is 0 Å². The van der Waals surface area contributed by atoms with Crippen molar-refractivity contribution in [3.8, 4) is 0 Å². The lowest BCUT2D eigenvalue weighted by molar-refractivity contribution is -0.149. The molecule has 8 nitrogen and oxygen atoms in total. The number of carbonyl (C=O) groups excluding carboxylic acids is 2. The van der Waals surface area contributed by atoms with Crippen molar-refractivity contribution in [1.82, 2.24) is 9.97 Å². The van der Waals surface area contributed by atoms with Crippen LogP contribution in [0.3, 0.4) is 0 Å². The molecular weight excluding hydrogens is 292 g/mol. The van der Waals surface area contributed by atoms with Crippen LogP contribution in [0.2, 0.25) is 0 Å². The van der Waals surface area contributed by atoms with Gasteiger partial charge in [-0.2, -0.15) is 0 Å². The average Bonchev–Trinajstić information content (AvgIpc) is 2.33. The minimum atomic E-state index is -0.724. The molecule has 0 spiro atoms. The zero-order valence-electron chi connectivity index (χ0n) is 12.6. The van der Waals surface area contributed by atoms with Crippen molar-refractivity contribution in [2.45, 2.75) is 32.8 Å². The molecule has 1 aromatic heterocycles. The minimum absolute atomic E-state index is 0.0448. The third kappa shape index (κ3) is 7.22. The van der Waals surface area contributed by atoms with E-state index in [9.17, 15) is 19.2 Å². The number of aromatic amines is 2. The molecule has 120 valence electrons. The number of rotatable bonds is 5. The Bertz CT molecular complexity index is 649. The van der Waals surface area contributed by atoms with E-state index < -0.39 is 28.8 Å². The monoisotopic (exact) mass is 310 g/mol. The largest absolute Gasteiger partial charge is 0.462 e. The average molecular weight is 310 g/mol. The number of aromatic nitrogens is 2. The molecule has 0 saturated heterocycles. The summed E-state index contributed by atoms with van der Waals surface area (Å²) in [6.07, 6.45) is 2.10. The summed E-state index contributed by atoms with van der Waals surface area (Å²) >= 11 is 0. The molecule has 0 aliphatic carbocycles. The van der Waals surface area contributed by atoms with Crippen LogP contribution in [0.15, 0.2) is 27.8 Å². The third-order valence-electron chi connectivity index (χ3n) is 2.19. The van der Waals surface area contributed by atoms with E-state index in [1.165, 1.54) is 6.07 Å². The second kappa shape index (κ2) is 7.39. The normalized spacial score (nSPS) is 11.4. The zero-order valence-corrected chi connectivity index (χ0v) is 12.6. The summed E-state index contributed by atoms with van der Waals surface area (Å²) in [5, 5.41) is 0. The molecule has 8 heteroatoms. The Balaban J connectivity index is 2.42. The topological polar surface area (TPSA) is 118 Å². The molecule has 1 rings (SSSR count). The Kier molecular flexibility index (Phi) is 5.85. The first-order valence-electron chi connectivity index (χ1n) is 6.56. The molecule has 1 aromatic rings. The Morgan fingerprint density at radius 2 is 1.77 bits per heavy atom. The van der Waals surface area contributed by atoms with Crippen molar-refractivity contribution in [2.24, 2.45) is 0 Å². The SMILES string of the molecule is CC(C)(C)OC(=O)/C=C/C(=O)OCCc1cc(=O)[nH]c(=O)[nH]1.